The van der Waals surface area contributed by atoms with Crippen LogP contribution in [0.1, 0.15) is 40.4 Å². The largest absolute Gasteiger partial charge is 0.497 e. The van der Waals surface area contributed by atoms with Gasteiger partial charge < -0.3 is 28.7 Å². The molecule has 2 aliphatic heterocycles. The Bertz CT molecular complexity index is 1910. The number of hydrogen-bond donors (Lipinski definition) is 0. The van der Waals surface area contributed by atoms with E-state index >= 15 is 4.39 Å². The van der Waals surface area contributed by atoms with Crippen LogP contribution in [0.25, 0.3) is 16.9 Å². The molecule has 236 valence electrons. The molecule has 0 bridgehead atoms. The molecule has 5 aromatic rings. The van der Waals surface area contributed by atoms with Crippen LogP contribution in [0.4, 0.5) is 21.6 Å². The van der Waals surface area contributed by atoms with Gasteiger partial charge in [-0.05, 0) is 48.7 Å². The number of aromatic nitrogens is 4. The molecule has 0 unspecified atom stereocenters. The maximum atomic E-state index is 15.5. The molecule has 0 atom stereocenters. The quantitative estimate of drug-likeness (QED) is 0.196. The SMILES string of the molecule is CCOC(=O)c1cnc2c(N(C)Cc3ccc(OC)cc3)cc(N3CCc4c(-c5ncc(C6OCCO6)cc5F)cccc43)nn12. The van der Waals surface area contributed by atoms with Gasteiger partial charge in [0.2, 0.25) is 0 Å². The topological polar surface area (TPSA) is 104 Å². The van der Waals surface area contributed by atoms with E-state index in [0.717, 1.165) is 28.3 Å². The number of hydrogen-bond acceptors (Lipinski definition) is 10. The van der Waals surface area contributed by atoms with Crippen LogP contribution >= 0.6 is 0 Å². The predicted octanol–water partition coefficient (Wildman–Crippen LogP) is 5.49. The molecule has 11 nitrogen and oxygen atoms in total. The fourth-order valence-corrected chi connectivity index (χ4v) is 6.01. The normalized spacial score (nSPS) is 14.6. The van der Waals surface area contributed by atoms with Crippen LogP contribution < -0.4 is 14.5 Å². The second kappa shape index (κ2) is 12.4. The monoisotopic (exact) mass is 624 g/mol. The van der Waals surface area contributed by atoms with Crippen molar-refractivity contribution in [2.45, 2.75) is 26.2 Å². The number of ether oxygens (including phenoxy) is 4. The Balaban J connectivity index is 1.27. The second-order valence-electron chi connectivity index (χ2n) is 11.1. The highest BCUT2D eigenvalue weighted by Crippen LogP contribution is 2.41. The summed E-state index contributed by atoms with van der Waals surface area (Å²) in [6.07, 6.45) is 3.14. The van der Waals surface area contributed by atoms with Crippen LogP contribution in [0, 0.1) is 5.82 Å². The Morgan fingerprint density at radius 3 is 2.63 bits per heavy atom. The van der Waals surface area contributed by atoms with Crippen LogP contribution in [0.2, 0.25) is 0 Å². The number of benzene rings is 2. The minimum Gasteiger partial charge on any atom is -0.497 e. The summed E-state index contributed by atoms with van der Waals surface area (Å²) in [7, 11) is 3.61. The lowest BCUT2D eigenvalue weighted by Crippen LogP contribution is -2.22. The molecule has 5 heterocycles. The molecule has 0 amide bonds. The molecule has 3 aromatic heterocycles. The molecule has 2 aromatic carbocycles. The fraction of sp³-hybridized carbons (Fsp3) is 0.294. The van der Waals surface area contributed by atoms with Gasteiger partial charge in [0.15, 0.2) is 23.4 Å². The Morgan fingerprint density at radius 2 is 1.89 bits per heavy atom. The van der Waals surface area contributed by atoms with E-state index in [1.165, 1.54) is 12.3 Å². The number of methoxy groups -OCH3 is 1. The first-order valence-electron chi connectivity index (χ1n) is 15.1. The molecule has 0 N–H and O–H groups in total. The number of rotatable bonds is 9. The first-order valence-corrected chi connectivity index (χ1v) is 15.1. The third-order valence-electron chi connectivity index (χ3n) is 8.23. The molecule has 0 saturated carbocycles. The maximum Gasteiger partial charge on any atom is 0.358 e. The number of carbonyl (C=O) groups is 1. The van der Waals surface area contributed by atoms with Gasteiger partial charge in [0.25, 0.3) is 0 Å². The van der Waals surface area contributed by atoms with E-state index in [0.29, 0.717) is 55.3 Å². The van der Waals surface area contributed by atoms with Crippen LogP contribution in [0.5, 0.6) is 5.75 Å². The number of nitrogens with zero attached hydrogens (tertiary/aromatic N) is 6. The number of halogens is 1. The highest BCUT2D eigenvalue weighted by molar-refractivity contribution is 5.90. The van der Waals surface area contributed by atoms with E-state index in [9.17, 15) is 4.79 Å². The van der Waals surface area contributed by atoms with Gasteiger partial charge in [0.1, 0.15) is 17.3 Å². The third-order valence-corrected chi connectivity index (χ3v) is 8.23. The molecule has 2 aliphatic rings. The Labute approximate surface area is 265 Å². The molecule has 12 heteroatoms. The fourth-order valence-electron chi connectivity index (χ4n) is 6.01. The van der Waals surface area contributed by atoms with Crippen molar-refractivity contribution in [1.29, 1.82) is 0 Å². The van der Waals surface area contributed by atoms with E-state index in [4.69, 9.17) is 24.0 Å². The minimum absolute atomic E-state index is 0.227. The van der Waals surface area contributed by atoms with Crippen LogP contribution in [-0.2, 0) is 27.2 Å². The standard InChI is InChI=1S/C34H33FN6O5/c1-4-44-33(42)29-19-37-32-28(39(2)20-21-8-10-23(43-3)11-9-21)17-30(38-41(29)32)40-13-12-24-25(6-5-7-27(24)40)31-26(35)16-22(18-36-31)34-45-14-15-46-34/h5-11,16-19,34H,4,12-15,20H2,1-3H3. The van der Waals surface area contributed by atoms with Crippen molar-refractivity contribution in [3.63, 3.8) is 0 Å². The Hall–Kier alpha value is -5.07. The highest BCUT2D eigenvalue weighted by Gasteiger charge is 2.29. The molecule has 0 aliphatic carbocycles. The van der Waals surface area contributed by atoms with Gasteiger partial charge >= 0.3 is 5.97 Å². The third kappa shape index (κ3) is 5.39. The van der Waals surface area contributed by atoms with Gasteiger partial charge in [-0.3, -0.25) is 4.98 Å². The summed E-state index contributed by atoms with van der Waals surface area (Å²) < 4.78 is 38.7. The van der Waals surface area contributed by atoms with E-state index in [-0.39, 0.29) is 18.0 Å². The zero-order valence-corrected chi connectivity index (χ0v) is 25.8. The van der Waals surface area contributed by atoms with Crippen molar-refractivity contribution >= 4 is 28.8 Å². The first kappa shape index (κ1) is 29.6. The first-order chi connectivity index (χ1) is 22.4. The van der Waals surface area contributed by atoms with Crippen LogP contribution in [0.15, 0.2) is 67.0 Å². The molecule has 0 radical (unpaired) electrons. The summed E-state index contributed by atoms with van der Waals surface area (Å²) >= 11 is 0. The van der Waals surface area contributed by atoms with Crippen LogP contribution in [0.3, 0.4) is 0 Å². The van der Waals surface area contributed by atoms with Crippen LogP contribution in [-0.4, -0.2) is 66.1 Å². The van der Waals surface area contributed by atoms with Gasteiger partial charge in [-0.2, -0.15) is 0 Å². The van der Waals surface area contributed by atoms with E-state index < -0.39 is 18.1 Å². The molecule has 1 fully saturated rings. The number of carbonyl (C=O) groups excluding carboxylic acids is 1. The minimum atomic E-state index is -0.603. The Morgan fingerprint density at radius 1 is 1.09 bits per heavy atom. The maximum absolute atomic E-state index is 15.5. The lowest BCUT2D eigenvalue weighted by atomic mass is 10.0. The smallest absolute Gasteiger partial charge is 0.358 e. The zero-order valence-electron chi connectivity index (χ0n) is 25.8. The number of fused-ring (bicyclic) bond motifs is 2. The highest BCUT2D eigenvalue weighted by atomic mass is 19.1. The molecule has 0 spiro atoms. The van der Waals surface area contributed by atoms with Crippen molar-refractivity contribution in [2.24, 2.45) is 0 Å². The van der Waals surface area contributed by atoms with Crippen molar-refractivity contribution in [3.05, 3.63) is 95.2 Å². The summed E-state index contributed by atoms with van der Waals surface area (Å²) in [5.41, 5.74) is 5.98. The van der Waals surface area contributed by atoms with E-state index in [1.807, 2.05) is 55.6 Å². The summed E-state index contributed by atoms with van der Waals surface area (Å²) in [5, 5.41) is 4.89. The number of imidazole rings is 1. The number of esters is 1. The lowest BCUT2D eigenvalue weighted by Gasteiger charge is -2.24. The summed E-state index contributed by atoms with van der Waals surface area (Å²) in [6.45, 7) is 4.09. The van der Waals surface area contributed by atoms with Gasteiger partial charge in [-0.1, -0.05) is 24.3 Å². The van der Waals surface area contributed by atoms with Crippen molar-refractivity contribution < 1.29 is 28.1 Å². The van der Waals surface area contributed by atoms with E-state index in [2.05, 4.69) is 19.8 Å². The average molecular weight is 625 g/mol. The summed E-state index contributed by atoms with van der Waals surface area (Å²) in [5.74, 6) is 0.443. The molecule has 46 heavy (non-hydrogen) atoms. The molecule has 1 saturated heterocycles. The number of pyridine rings is 1. The van der Waals surface area contributed by atoms with Gasteiger partial charge in [-0.15, -0.1) is 5.10 Å². The predicted molar refractivity (Wildman–Crippen MR) is 169 cm³/mol. The van der Waals surface area contributed by atoms with Gasteiger partial charge in [0.05, 0.1) is 38.8 Å². The second-order valence-corrected chi connectivity index (χ2v) is 11.1. The zero-order chi connectivity index (χ0) is 31.8. The van der Waals surface area contributed by atoms with Gasteiger partial charge in [0, 0.05) is 49.2 Å². The molecular formula is C34H33FN6O5. The molecular weight excluding hydrogens is 591 g/mol. The Kier molecular flexibility index (Phi) is 7.97. The van der Waals surface area contributed by atoms with Crippen molar-refractivity contribution in [3.8, 4) is 17.0 Å². The van der Waals surface area contributed by atoms with E-state index in [1.54, 1.807) is 24.7 Å². The summed E-state index contributed by atoms with van der Waals surface area (Å²) in [4.78, 5) is 26.1. The number of anilines is 3. The molecule has 7 rings (SSSR count). The van der Waals surface area contributed by atoms with Crippen molar-refractivity contribution in [2.75, 3.05) is 50.3 Å². The lowest BCUT2D eigenvalue weighted by molar-refractivity contribution is -0.0445. The van der Waals surface area contributed by atoms with Gasteiger partial charge in [-0.25, -0.2) is 18.7 Å². The average Bonchev–Trinajstić information content (AvgIpc) is 3.85. The summed E-state index contributed by atoms with van der Waals surface area (Å²) in [6, 6.07) is 17.0. The van der Waals surface area contributed by atoms with Crippen molar-refractivity contribution in [1.82, 2.24) is 19.6 Å².